The van der Waals surface area contributed by atoms with Crippen LogP contribution in [-0.2, 0) is 19.1 Å². The minimum absolute atomic E-state index is 0.390. The van der Waals surface area contributed by atoms with Crippen LogP contribution >= 0.6 is 0 Å². The molecule has 1 aromatic carbocycles. The lowest BCUT2D eigenvalue weighted by Crippen LogP contribution is -1.92. The molecule has 1 aromatic rings. The monoisotopic (exact) mass is 324 g/mol. The molecule has 0 aliphatic heterocycles. The summed E-state index contributed by atoms with van der Waals surface area (Å²) in [7, 11) is 2.67. The lowest BCUT2D eigenvalue weighted by Gasteiger charge is -1.99. The Balaban J connectivity index is 2.71. The number of methoxy groups -OCH3 is 2. The van der Waals surface area contributed by atoms with Gasteiger partial charge >= 0.3 is 11.9 Å². The predicted octanol–water partition coefficient (Wildman–Crippen LogP) is 3.73. The van der Waals surface area contributed by atoms with Gasteiger partial charge in [0.2, 0.25) is 0 Å². The van der Waals surface area contributed by atoms with Crippen molar-refractivity contribution in [2.24, 2.45) is 0 Å². The smallest absolute Gasteiger partial charge is 0.330 e. The van der Waals surface area contributed by atoms with E-state index < -0.39 is 5.97 Å². The van der Waals surface area contributed by atoms with Crippen LogP contribution in [0.25, 0.3) is 12.2 Å². The first kappa shape index (κ1) is 18.9. The fourth-order valence-electron chi connectivity index (χ4n) is 1.67. The SMILES string of the molecule is COC(=O)/C=C/C=C/C=C\c1ccccc1/C=C/C=C/C(=O)OC. The van der Waals surface area contributed by atoms with Crippen molar-refractivity contribution in [2.45, 2.75) is 0 Å². The van der Waals surface area contributed by atoms with Gasteiger partial charge in [0.25, 0.3) is 0 Å². The quantitative estimate of drug-likeness (QED) is 0.436. The predicted molar refractivity (Wildman–Crippen MR) is 96.0 cm³/mol. The van der Waals surface area contributed by atoms with Crippen molar-refractivity contribution in [3.05, 3.63) is 84.0 Å². The van der Waals surface area contributed by atoms with Gasteiger partial charge in [0, 0.05) is 12.2 Å². The molecule has 4 heteroatoms. The lowest BCUT2D eigenvalue weighted by molar-refractivity contribution is -0.135. The van der Waals surface area contributed by atoms with Crippen molar-refractivity contribution in [1.82, 2.24) is 0 Å². The zero-order valence-corrected chi connectivity index (χ0v) is 13.7. The molecule has 0 heterocycles. The molecular formula is C20H20O4. The first-order chi connectivity index (χ1) is 11.7. The summed E-state index contributed by atoms with van der Waals surface area (Å²) in [5.41, 5.74) is 2.04. The van der Waals surface area contributed by atoms with E-state index in [0.29, 0.717) is 0 Å². The fraction of sp³-hybridized carbons (Fsp3) is 0.100. The van der Waals surface area contributed by atoms with Crippen LogP contribution in [-0.4, -0.2) is 26.2 Å². The van der Waals surface area contributed by atoms with Crippen LogP contribution in [0.1, 0.15) is 11.1 Å². The lowest BCUT2D eigenvalue weighted by atomic mass is 10.1. The Labute approximate surface area is 142 Å². The van der Waals surface area contributed by atoms with Gasteiger partial charge in [-0.1, -0.05) is 72.9 Å². The molecule has 0 spiro atoms. The first-order valence-corrected chi connectivity index (χ1v) is 7.28. The minimum atomic E-state index is -0.391. The van der Waals surface area contributed by atoms with Gasteiger partial charge in [-0.05, 0) is 11.1 Å². The van der Waals surface area contributed by atoms with E-state index in [1.807, 2.05) is 48.6 Å². The Morgan fingerprint density at radius 3 is 1.62 bits per heavy atom. The minimum Gasteiger partial charge on any atom is -0.466 e. The van der Waals surface area contributed by atoms with Crippen LogP contribution in [0.3, 0.4) is 0 Å². The van der Waals surface area contributed by atoms with E-state index in [4.69, 9.17) is 0 Å². The largest absolute Gasteiger partial charge is 0.466 e. The van der Waals surface area contributed by atoms with Crippen LogP contribution in [0.5, 0.6) is 0 Å². The third-order valence-corrected chi connectivity index (χ3v) is 2.86. The maximum atomic E-state index is 11.0. The molecule has 0 saturated carbocycles. The highest BCUT2D eigenvalue weighted by atomic mass is 16.5. The van der Waals surface area contributed by atoms with Gasteiger partial charge < -0.3 is 9.47 Å². The molecule has 0 radical (unpaired) electrons. The van der Waals surface area contributed by atoms with Gasteiger partial charge in [0.1, 0.15) is 0 Å². The van der Waals surface area contributed by atoms with Crippen molar-refractivity contribution in [1.29, 1.82) is 0 Å². The Bertz CT molecular complexity index is 691. The second-order valence-corrected chi connectivity index (χ2v) is 4.50. The zero-order chi connectivity index (χ0) is 17.6. The maximum absolute atomic E-state index is 11.0. The van der Waals surface area contributed by atoms with Gasteiger partial charge in [-0.15, -0.1) is 0 Å². The van der Waals surface area contributed by atoms with E-state index in [9.17, 15) is 9.59 Å². The number of hydrogen-bond acceptors (Lipinski definition) is 4. The molecule has 0 aliphatic rings. The van der Waals surface area contributed by atoms with Crippen LogP contribution in [0.15, 0.2) is 72.9 Å². The summed E-state index contributed by atoms with van der Waals surface area (Å²) in [4.78, 5) is 21.9. The molecule has 0 atom stereocenters. The highest BCUT2D eigenvalue weighted by molar-refractivity contribution is 5.82. The summed E-state index contributed by atoms with van der Waals surface area (Å²) in [6.07, 6.45) is 17.0. The van der Waals surface area contributed by atoms with E-state index in [0.717, 1.165) is 11.1 Å². The number of rotatable bonds is 7. The van der Waals surface area contributed by atoms with E-state index >= 15 is 0 Å². The second-order valence-electron chi connectivity index (χ2n) is 4.50. The number of esters is 2. The van der Waals surface area contributed by atoms with Crippen molar-refractivity contribution < 1.29 is 19.1 Å². The molecule has 0 aliphatic carbocycles. The molecule has 0 N–H and O–H groups in total. The number of carbonyl (C=O) groups is 2. The summed E-state index contributed by atoms with van der Waals surface area (Å²) >= 11 is 0. The first-order valence-electron chi connectivity index (χ1n) is 7.28. The highest BCUT2D eigenvalue weighted by Crippen LogP contribution is 2.12. The number of benzene rings is 1. The highest BCUT2D eigenvalue weighted by Gasteiger charge is 1.93. The third kappa shape index (κ3) is 7.75. The Morgan fingerprint density at radius 2 is 1.12 bits per heavy atom. The molecule has 1 rings (SSSR count). The molecule has 24 heavy (non-hydrogen) atoms. The molecule has 0 unspecified atom stereocenters. The Hall–Kier alpha value is -3.14. The van der Waals surface area contributed by atoms with Gasteiger partial charge in [-0.3, -0.25) is 0 Å². The van der Waals surface area contributed by atoms with Crippen molar-refractivity contribution >= 4 is 24.1 Å². The van der Waals surface area contributed by atoms with Crippen LogP contribution in [0, 0.1) is 0 Å². The molecule has 0 amide bonds. The van der Waals surface area contributed by atoms with Crippen molar-refractivity contribution in [2.75, 3.05) is 14.2 Å². The van der Waals surface area contributed by atoms with E-state index in [-0.39, 0.29) is 5.97 Å². The summed E-state index contributed by atoms with van der Waals surface area (Å²) in [6, 6.07) is 7.85. The standard InChI is InChI=1S/C20H20O4/c1-23-19(21)15-6-4-3-5-11-17-12-7-8-13-18(17)14-9-10-16-20(22)24-2/h3-16H,1-2H3/b4-3+,11-5-,14-9+,15-6+,16-10+. The molecule has 0 fully saturated rings. The van der Waals surface area contributed by atoms with E-state index in [1.54, 1.807) is 24.3 Å². The number of carbonyl (C=O) groups excluding carboxylic acids is 2. The van der Waals surface area contributed by atoms with Crippen LogP contribution in [0.2, 0.25) is 0 Å². The Morgan fingerprint density at radius 1 is 0.708 bits per heavy atom. The maximum Gasteiger partial charge on any atom is 0.330 e. The van der Waals surface area contributed by atoms with Crippen LogP contribution in [0.4, 0.5) is 0 Å². The molecule has 4 nitrogen and oxygen atoms in total. The van der Waals surface area contributed by atoms with Gasteiger partial charge in [0.05, 0.1) is 14.2 Å². The van der Waals surface area contributed by atoms with Gasteiger partial charge in [-0.2, -0.15) is 0 Å². The normalized spacial score (nSPS) is 12.1. The molecular weight excluding hydrogens is 304 g/mol. The third-order valence-electron chi connectivity index (χ3n) is 2.86. The van der Waals surface area contributed by atoms with Crippen LogP contribution < -0.4 is 0 Å². The summed E-state index contributed by atoms with van der Waals surface area (Å²) in [6.45, 7) is 0. The topological polar surface area (TPSA) is 52.6 Å². The number of allylic oxidation sites excluding steroid dienone is 6. The molecule has 0 bridgehead atoms. The van der Waals surface area contributed by atoms with Gasteiger partial charge in [-0.25, -0.2) is 9.59 Å². The van der Waals surface area contributed by atoms with Gasteiger partial charge in [0.15, 0.2) is 0 Å². The summed E-state index contributed by atoms with van der Waals surface area (Å²) in [5, 5.41) is 0. The van der Waals surface area contributed by atoms with Crippen molar-refractivity contribution in [3.63, 3.8) is 0 Å². The zero-order valence-electron chi connectivity index (χ0n) is 13.7. The molecule has 0 aromatic heterocycles. The summed E-state index contributed by atoms with van der Waals surface area (Å²) in [5.74, 6) is -0.780. The number of ether oxygens (including phenoxy) is 2. The van der Waals surface area contributed by atoms with E-state index in [2.05, 4.69) is 9.47 Å². The average Bonchev–Trinajstić information content (AvgIpc) is 2.62. The average molecular weight is 324 g/mol. The van der Waals surface area contributed by atoms with Crippen molar-refractivity contribution in [3.8, 4) is 0 Å². The molecule has 0 saturated heterocycles. The van der Waals surface area contributed by atoms with E-state index in [1.165, 1.54) is 26.4 Å². The Kier molecular flexibility index (Phi) is 9.01. The number of hydrogen-bond donors (Lipinski definition) is 0. The second kappa shape index (κ2) is 11.4. The molecule has 124 valence electrons. The fourth-order valence-corrected chi connectivity index (χ4v) is 1.67. The summed E-state index contributed by atoms with van der Waals surface area (Å²) < 4.78 is 9.01.